The molecule has 1 aromatic heterocycles. The van der Waals surface area contributed by atoms with Gasteiger partial charge in [0.15, 0.2) is 0 Å². The van der Waals surface area contributed by atoms with E-state index in [0.717, 1.165) is 13.0 Å². The third-order valence-corrected chi connectivity index (χ3v) is 3.48. The molecule has 0 spiro atoms. The summed E-state index contributed by atoms with van der Waals surface area (Å²) >= 11 is 1.77. The highest BCUT2D eigenvalue weighted by Crippen LogP contribution is 2.18. The Balaban J connectivity index is 2.69. The van der Waals surface area contributed by atoms with Gasteiger partial charge in [0.2, 0.25) is 5.69 Å². The van der Waals surface area contributed by atoms with E-state index in [0.29, 0.717) is 11.1 Å². The largest absolute Gasteiger partial charge is 0.370 e. The van der Waals surface area contributed by atoms with E-state index < -0.39 is 4.92 Å². The van der Waals surface area contributed by atoms with Crippen LogP contribution in [0.15, 0.2) is 12.1 Å². The van der Waals surface area contributed by atoms with Crippen molar-refractivity contribution < 1.29 is 4.92 Å². The summed E-state index contributed by atoms with van der Waals surface area (Å²) in [5.41, 5.74) is -0.427. The van der Waals surface area contributed by atoms with Crippen molar-refractivity contribution in [2.75, 3.05) is 18.1 Å². The van der Waals surface area contributed by atoms with E-state index in [-0.39, 0.29) is 11.4 Å². The van der Waals surface area contributed by atoms with Crippen molar-refractivity contribution in [1.82, 2.24) is 4.98 Å². The lowest BCUT2D eigenvalue weighted by Gasteiger charge is -2.09. The highest BCUT2D eigenvalue weighted by molar-refractivity contribution is 7.99. The van der Waals surface area contributed by atoms with Crippen LogP contribution >= 0.6 is 11.8 Å². The number of rotatable bonds is 6. The number of pyridine rings is 1. The van der Waals surface area contributed by atoms with Gasteiger partial charge in [-0.25, -0.2) is 4.98 Å². The molecule has 0 aromatic carbocycles. The predicted octanol–water partition coefficient (Wildman–Crippen LogP) is 2.41. The van der Waals surface area contributed by atoms with Crippen LogP contribution in [0, 0.1) is 21.4 Å². The number of hydrogen-bond donors (Lipinski definition) is 1. The fourth-order valence-corrected chi connectivity index (χ4v) is 1.65. The summed E-state index contributed by atoms with van der Waals surface area (Å²) in [6, 6.07) is 4.54. The molecular formula is C11H14N4O2S. The van der Waals surface area contributed by atoms with E-state index in [1.54, 1.807) is 17.8 Å². The van der Waals surface area contributed by atoms with Crippen LogP contribution in [0.3, 0.4) is 0 Å². The molecule has 0 bridgehead atoms. The van der Waals surface area contributed by atoms with Gasteiger partial charge in [0.25, 0.3) is 0 Å². The lowest BCUT2D eigenvalue weighted by atomic mass is 10.3. The first-order valence-corrected chi connectivity index (χ1v) is 6.69. The van der Waals surface area contributed by atoms with Crippen molar-refractivity contribution in [2.24, 2.45) is 0 Å². The lowest BCUT2D eigenvalue weighted by Crippen LogP contribution is -2.09. The second kappa shape index (κ2) is 6.81. The Morgan fingerprint density at radius 2 is 2.39 bits per heavy atom. The zero-order chi connectivity index (χ0) is 13.5. The van der Waals surface area contributed by atoms with Gasteiger partial charge in [-0.1, -0.05) is 6.92 Å². The quantitative estimate of drug-likeness (QED) is 0.628. The number of thioether (sulfide) groups is 1. The summed E-state index contributed by atoms with van der Waals surface area (Å²) in [6.45, 7) is 2.84. The number of aromatic nitrogens is 1. The van der Waals surface area contributed by atoms with Crippen LogP contribution in [0.2, 0.25) is 0 Å². The predicted molar refractivity (Wildman–Crippen MR) is 71.7 cm³/mol. The number of nitrogens with zero attached hydrogens (tertiary/aromatic N) is 3. The van der Waals surface area contributed by atoms with Gasteiger partial charge >= 0.3 is 5.69 Å². The standard InChI is InChI=1S/C11H14N4O2S/c1-8(18-2)5-6-13-11-4-3-10(15(16)17)9(7-12)14-11/h3-4,8H,5-6H2,1-2H3,(H,13,14). The van der Waals surface area contributed by atoms with Gasteiger partial charge < -0.3 is 5.32 Å². The highest BCUT2D eigenvalue weighted by Gasteiger charge is 2.15. The smallest absolute Gasteiger partial charge is 0.305 e. The van der Waals surface area contributed by atoms with Crippen molar-refractivity contribution >= 4 is 23.3 Å². The maximum atomic E-state index is 10.6. The van der Waals surface area contributed by atoms with Gasteiger partial charge in [-0.3, -0.25) is 10.1 Å². The van der Waals surface area contributed by atoms with Gasteiger partial charge in [0, 0.05) is 17.9 Å². The molecule has 1 unspecified atom stereocenters. The molecule has 0 radical (unpaired) electrons. The number of anilines is 1. The van der Waals surface area contributed by atoms with Crippen LogP contribution in [0.4, 0.5) is 11.5 Å². The molecule has 7 heteroatoms. The highest BCUT2D eigenvalue weighted by atomic mass is 32.2. The first-order chi connectivity index (χ1) is 8.58. The van der Waals surface area contributed by atoms with Gasteiger partial charge in [-0.2, -0.15) is 17.0 Å². The summed E-state index contributed by atoms with van der Waals surface area (Å²) < 4.78 is 0. The van der Waals surface area contributed by atoms with E-state index >= 15 is 0 Å². The number of nitriles is 1. The average Bonchev–Trinajstić information content (AvgIpc) is 2.37. The van der Waals surface area contributed by atoms with Crippen LogP contribution in [0.25, 0.3) is 0 Å². The van der Waals surface area contributed by atoms with Crippen molar-refractivity contribution in [3.05, 3.63) is 27.9 Å². The average molecular weight is 266 g/mol. The minimum Gasteiger partial charge on any atom is -0.370 e. The summed E-state index contributed by atoms with van der Waals surface area (Å²) in [5, 5.41) is 23.0. The fraction of sp³-hybridized carbons (Fsp3) is 0.455. The molecule has 1 atom stereocenters. The molecule has 0 aliphatic carbocycles. The molecule has 1 heterocycles. The zero-order valence-electron chi connectivity index (χ0n) is 10.2. The molecule has 1 aromatic rings. The lowest BCUT2D eigenvalue weighted by molar-refractivity contribution is -0.385. The Bertz CT molecular complexity index is 473. The normalized spacial score (nSPS) is 11.6. The van der Waals surface area contributed by atoms with E-state index in [1.165, 1.54) is 12.1 Å². The number of hydrogen-bond acceptors (Lipinski definition) is 6. The van der Waals surface area contributed by atoms with Crippen LogP contribution in [0.1, 0.15) is 19.0 Å². The second-order valence-corrected chi connectivity index (χ2v) is 4.97. The van der Waals surface area contributed by atoms with E-state index in [1.807, 2.05) is 6.26 Å². The fourth-order valence-electron chi connectivity index (χ4n) is 1.30. The Kier molecular flexibility index (Phi) is 5.39. The molecule has 6 nitrogen and oxygen atoms in total. The van der Waals surface area contributed by atoms with Gasteiger partial charge in [0.1, 0.15) is 11.9 Å². The summed E-state index contributed by atoms with van der Waals surface area (Å²) in [6.07, 6.45) is 3.00. The molecule has 18 heavy (non-hydrogen) atoms. The molecule has 0 amide bonds. The van der Waals surface area contributed by atoms with Crippen LogP contribution in [0.5, 0.6) is 0 Å². The molecule has 0 aliphatic rings. The minimum absolute atomic E-state index is 0.164. The Morgan fingerprint density at radius 1 is 1.67 bits per heavy atom. The Hall–Kier alpha value is -1.81. The molecule has 0 aliphatic heterocycles. The number of nitrogens with one attached hydrogen (secondary N) is 1. The summed E-state index contributed by atoms with van der Waals surface area (Å²) in [7, 11) is 0. The third-order valence-electron chi connectivity index (χ3n) is 2.44. The summed E-state index contributed by atoms with van der Waals surface area (Å²) in [5.74, 6) is 0.491. The second-order valence-electron chi connectivity index (χ2n) is 3.69. The van der Waals surface area contributed by atoms with Gasteiger partial charge in [-0.15, -0.1) is 0 Å². The van der Waals surface area contributed by atoms with E-state index in [4.69, 9.17) is 5.26 Å². The number of nitro groups is 1. The first kappa shape index (κ1) is 14.3. The molecule has 0 saturated heterocycles. The van der Waals surface area contributed by atoms with Crippen molar-refractivity contribution in [3.8, 4) is 6.07 Å². The van der Waals surface area contributed by atoms with Gasteiger partial charge in [-0.05, 0) is 18.7 Å². The molecule has 96 valence electrons. The molecular weight excluding hydrogens is 252 g/mol. The van der Waals surface area contributed by atoms with Crippen molar-refractivity contribution in [2.45, 2.75) is 18.6 Å². The third kappa shape index (κ3) is 3.89. The van der Waals surface area contributed by atoms with Crippen molar-refractivity contribution in [3.63, 3.8) is 0 Å². The van der Waals surface area contributed by atoms with E-state index in [2.05, 4.69) is 17.2 Å². The molecule has 1 N–H and O–H groups in total. The maximum Gasteiger partial charge on any atom is 0.305 e. The summed E-state index contributed by atoms with van der Waals surface area (Å²) in [4.78, 5) is 13.9. The monoisotopic (exact) mass is 266 g/mol. The van der Waals surface area contributed by atoms with Crippen LogP contribution < -0.4 is 5.32 Å². The Labute approximate surface area is 110 Å². The first-order valence-electron chi connectivity index (χ1n) is 5.40. The molecule has 0 fully saturated rings. The Morgan fingerprint density at radius 3 is 2.94 bits per heavy atom. The van der Waals surface area contributed by atoms with Crippen LogP contribution in [-0.2, 0) is 0 Å². The van der Waals surface area contributed by atoms with E-state index in [9.17, 15) is 10.1 Å². The topological polar surface area (TPSA) is 91.9 Å². The van der Waals surface area contributed by atoms with Crippen LogP contribution in [-0.4, -0.2) is 28.0 Å². The zero-order valence-corrected chi connectivity index (χ0v) is 11.0. The van der Waals surface area contributed by atoms with Gasteiger partial charge in [0.05, 0.1) is 4.92 Å². The molecule has 1 rings (SSSR count). The van der Waals surface area contributed by atoms with Crippen molar-refractivity contribution in [1.29, 1.82) is 5.26 Å². The maximum absolute atomic E-state index is 10.6. The minimum atomic E-state index is -0.606. The molecule has 0 saturated carbocycles. The SMILES string of the molecule is CSC(C)CCNc1ccc([N+](=O)[O-])c(C#N)n1.